The van der Waals surface area contributed by atoms with Crippen molar-refractivity contribution < 1.29 is 14.3 Å². The van der Waals surface area contributed by atoms with Gasteiger partial charge in [0.05, 0.1) is 6.54 Å². The fourth-order valence-electron chi connectivity index (χ4n) is 4.70. The summed E-state index contributed by atoms with van der Waals surface area (Å²) in [6.45, 7) is 7.50. The van der Waals surface area contributed by atoms with Crippen molar-refractivity contribution in [2.45, 2.75) is 58.1 Å². The number of benzene rings is 1. The molecule has 0 saturated heterocycles. The monoisotopic (exact) mass is 382 g/mol. The quantitative estimate of drug-likeness (QED) is 0.813. The first-order chi connectivity index (χ1) is 13.2. The molecule has 28 heavy (non-hydrogen) atoms. The molecule has 2 aliphatic rings. The normalized spacial score (nSPS) is 25.8. The Morgan fingerprint density at radius 1 is 1.14 bits per heavy atom. The van der Waals surface area contributed by atoms with Crippen molar-refractivity contribution in [2.75, 3.05) is 6.61 Å². The van der Waals surface area contributed by atoms with Crippen molar-refractivity contribution in [1.29, 1.82) is 0 Å². The maximum Gasteiger partial charge on any atom is 0.300 e. The highest BCUT2D eigenvalue weighted by molar-refractivity contribution is 5.81. The second-order valence-electron chi connectivity index (χ2n) is 9.07. The van der Waals surface area contributed by atoms with Gasteiger partial charge >= 0.3 is 0 Å². The summed E-state index contributed by atoms with van der Waals surface area (Å²) in [5, 5.41) is 0. The Morgan fingerprint density at radius 2 is 1.89 bits per heavy atom. The summed E-state index contributed by atoms with van der Waals surface area (Å²) in [6, 6.07) is 9.80. The molecule has 6 nitrogen and oxygen atoms in total. The van der Waals surface area contributed by atoms with E-state index in [2.05, 4.69) is 37.9 Å². The maximum absolute atomic E-state index is 12.2. The zero-order chi connectivity index (χ0) is 19.9. The van der Waals surface area contributed by atoms with Crippen LogP contribution in [0.15, 0.2) is 41.3 Å². The van der Waals surface area contributed by atoms with Crippen LogP contribution in [0.5, 0.6) is 11.8 Å². The topological polar surface area (TPSA) is 70.4 Å². The number of Topliss-reactive ketones (excluding diaryl/α,β-unsaturated/α-hetero) is 1. The van der Waals surface area contributed by atoms with Gasteiger partial charge in [-0.15, -0.1) is 0 Å². The van der Waals surface area contributed by atoms with Gasteiger partial charge in [-0.1, -0.05) is 32.9 Å². The summed E-state index contributed by atoms with van der Waals surface area (Å²) in [5.74, 6) is 1.10. The number of carbonyl (C=O) groups excluding carboxylic acids is 1. The van der Waals surface area contributed by atoms with Crippen LogP contribution in [0, 0.1) is 5.41 Å². The highest BCUT2D eigenvalue weighted by Gasteiger charge is 2.41. The Morgan fingerprint density at radius 3 is 2.61 bits per heavy atom. The average Bonchev–Trinajstić information content (AvgIpc) is 3.00. The smallest absolute Gasteiger partial charge is 0.300 e. The molecule has 0 bridgehead atoms. The SMILES string of the molecule is CC1(C)CC(=O)CC(C)(c2ccc(OC[C@@H]3Cn4ccc(=O)nc4O3)cc2)C1. The summed E-state index contributed by atoms with van der Waals surface area (Å²) >= 11 is 0. The molecule has 1 aliphatic heterocycles. The number of ether oxygens (including phenoxy) is 2. The molecule has 1 aromatic heterocycles. The molecule has 0 radical (unpaired) electrons. The minimum atomic E-state index is -0.304. The van der Waals surface area contributed by atoms with E-state index in [1.165, 1.54) is 11.6 Å². The van der Waals surface area contributed by atoms with Crippen molar-refractivity contribution in [3.63, 3.8) is 0 Å². The van der Waals surface area contributed by atoms with Gasteiger partial charge in [-0.25, -0.2) is 0 Å². The third kappa shape index (κ3) is 3.81. The fourth-order valence-corrected chi connectivity index (χ4v) is 4.70. The Balaban J connectivity index is 1.39. The maximum atomic E-state index is 12.2. The highest BCUT2D eigenvalue weighted by Crippen LogP contribution is 2.46. The van der Waals surface area contributed by atoms with Gasteiger partial charge in [0.25, 0.3) is 11.6 Å². The lowest BCUT2D eigenvalue weighted by atomic mass is 9.61. The van der Waals surface area contributed by atoms with Gasteiger partial charge in [-0.05, 0) is 34.9 Å². The average molecular weight is 382 g/mol. The second-order valence-corrected chi connectivity index (χ2v) is 9.07. The summed E-state index contributed by atoms with van der Waals surface area (Å²) in [6.07, 6.45) is 3.76. The van der Waals surface area contributed by atoms with E-state index < -0.39 is 0 Å². The van der Waals surface area contributed by atoms with Gasteiger partial charge in [0.2, 0.25) is 0 Å². The molecule has 0 amide bonds. The molecular weight excluding hydrogens is 356 g/mol. The minimum absolute atomic E-state index is 0.0315. The van der Waals surface area contributed by atoms with Crippen LogP contribution in [-0.4, -0.2) is 28.0 Å². The number of ketones is 1. The van der Waals surface area contributed by atoms with E-state index >= 15 is 0 Å². The molecule has 1 aliphatic carbocycles. The number of carbonyl (C=O) groups is 1. The van der Waals surface area contributed by atoms with Gasteiger partial charge in [-0.3, -0.25) is 14.2 Å². The Kier molecular flexibility index (Phi) is 4.52. The zero-order valence-electron chi connectivity index (χ0n) is 16.6. The number of rotatable bonds is 4. The van der Waals surface area contributed by atoms with Crippen molar-refractivity contribution in [3.8, 4) is 11.8 Å². The predicted octanol–water partition coefficient (Wildman–Crippen LogP) is 3.12. The van der Waals surface area contributed by atoms with Crippen LogP contribution in [0.25, 0.3) is 0 Å². The van der Waals surface area contributed by atoms with E-state index in [1.807, 2.05) is 12.1 Å². The summed E-state index contributed by atoms with van der Waals surface area (Å²) in [7, 11) is 0. The first-order valence-electron chi connectivity index (χ1n) is 9.72. The van der Waals surface area contributed by atoms with E-state index in [4.69, 9.17) is 9.47 Å². The lowest BCUT2D eigenvalue weighted by Gasteiger charge is -2.42. The summed E-state index contributed by atoms with van der Waals surface area (Å²) in [5.41, 5.74) is 0.768. The molecule has 2 aromatic rings. The van der Waals surface area contributed by atoms with Crippen LogP contribution in [0.1, 0.15) is 45.6 Å². The largest absolute Gasteiger partial charge is 0.490 e. The standard InChI is InChI=1S/C22H26N2O4/c1-21(2)10-16(25)11-22(3,14-21)15-4-6-17(7-5-15)27-13-18-12-24-9-8-19(26)23-20(24)28-18/h4-9,18H,10-14H2,1-3H3/t18-,22?/m0/s1. The van der Waals surface area contributed by atoms with E-state index in [9.17, 15) is 9.59 Å². The molecule has 0 N–H and O–H groups in total. The van der Waals surface area contributed by atoms with Crippen molar-refractivity contribution in [3.05, 3.63) is 52.4 Å². The fraction of sp³-hybridized carbons (Fsp3) is 0.500. The van der Waals surface area contributed by atoms with Crippen LogP contribution >= 0.6 is 0 Å². The summed E-state index contributed by atoms with van der Waals surface area (Å²) < 4.78 is 13.4. The predicted molar refractivity (Wildman–Crippen MR) is 105 cm³/mol. The molecule has 1 unspecified atom stereocenters. The molecule has 6 heteroatoms. The van der Waals surface area contributed by atoms with Gasteiger partial charge in [0.15, 0.2) is 6.10 Å². The van der Waals surface area contributed by atoms with E-state index in [0.29, 0.717) is 37.8 Å². The molecule has 2 atom stereocenters. The molecule has 148 valence electrons. The zero-order valence-corrected chi connectivity index (χ0v) is 16.6. The van der Waals surface area contributed by atoms with E-state index in [-0.39, 0.29) is 22.5 Å². The third-order valence-electron chi connectivity index (χ3n) is 5.64. The Bertz CT molecular complexity index is 948. The number of fused-ring (bicyclic) bond motifs is 1. The van der Waals surface area contributed by atoms with Crippen molar-refractivity contribution in [1.82, 2.24) is 9.55 Å². The van der Waals surface area contributed by atoms with Crippen LogP contribution < -0.4 is 15.0 Å². The lowest BCUT2D eigenvalue weighted by Crippen LogP contribution is -2.38. The molecule has 2 heterocycles. The first-order valence-corrected chi connectivity index (χ1v) is 9.72. The van der Waals surface area contributed by atoms with Gasteiger partial charge < -0.3 is 9.47 Å². The van der Waals surface area contributed by atoms with Crippen LogP contribution in [0.2, 0.25) is 0 Å². The number of nitrogens with zero attached hydrogens (tertiary/aromatic N) is 2. The van der Waals surface area contributed by atoms with Crippen LogP contribution in [0.4, 0.5) is 0 Å². The van der Waals surface area contributed by atoms with Gasteiger partial charge in [0, 0.05) is 25.1 Å². The first kappa shape index (κ1) is 18.7. The molecule has 1 fully saturated rings. The highest BCUT2D eigenvalue weighted by atomic mass is 16.6. The van der Waals surface area contributed by atoms with E-state index in [1.54, 1.807) is 10.8 Å². The molecule has 4 rings (SSSR count). The minimum Gasteiger partial charge on any atom is -0.490 e. The van der Waals surface area contributed by atoms with Gasteiger partial charge in [0.1, 0.15) is 18.1 Å². The number of hydrogen-bond donors (Lipinski definition) is 0. The lowest BCUT2D eigenvalue weighted by molar-refractivity contribution is -0.125. The van der Waals surface area contributed by atoms with Crippen molar-refractivity contribution in [2.24, 2.45) is 5.41 Å². The van der Waals surface area contributed by atoms with Crippen LogP contribution in [-0.2, 0) is 16.8 Å². The van der Waals surface area contributed by atoms with Crippen LogP contribution in [0.3, 0.4) is 0 Å². The van der Waals surface area contributed by atoms with E-state index in [0.717, 1.165) is 12.2 Å². The van der Waals surface area contributed by atoms with Gasteiger partial charge in [-0.2, -0.15) is 4.98 Å². The van der Waals surface area contributed by atoms with Crippen molar-refractivity contribution >= 4 is 5.78 Å². The number of hydrogen-bond acceptors (Lipinski definition) is 5. The second kappa shape index (κ2) is 6.76. The molecule has 0 spiro atoms. The molecule has 1 aromatic carbocycles. The Labute approximate surface area is 164 Å². The summed E-state index contributed by atoms with van der Waals surface area (Å²) in [4.78, 5) is 27.4. The Hall–Kier alpha value is -2.63. The number of aromatic nitrogens is 2. The molecular formula is C22H26N2O4. The third-order valence-corrected chi connectivity index (χ3v) is 5.64. The molecule has 1 saturated carbocycles.